The van der Waals surface area contributed by atoms with Gasteiger partial charge in [-0.3, -0.25) is 4.68 Å². The number of rotatable bonds is 6. The van der Waals surface area contributed by atoms with Crippen molar-refractivity contribution >= 4 is 0 Å². The summed E-state index contributed by atoms with van der Waals surface area (Å²) in [5, 5.41) is 8.15. The Hall–Kier alpha value is -2.28. The lowest BCUT2D eigenvalue weighted by atomic mass is 10.1. The molecule has 0 spiro atoms. The van der Waals surface area contributed by atoms with Crippen molar-refractivity contribution in [3.63, 3.8) is 0 Å². The van der Waals surface area contributed by atoms with Crippen molar-refractivity contribution in [1.29, 1.82) is 0 Å². The molecule has 2 aromatic rings. The molecule has 2 rings (SSSR count). The Morgan fingerprint density at radius 1 is 1.10 bits per heavy atom. The highest BCUT2D eigenvalue weighted by molar-refractivity contribution is 5.75. The molecule has 20 heavy (non-hydrogen) atoms. The summed E-state index contributed by atoms with van der Waals surface area (Å²) in [5.41, 5.74) is 6.90. The minimum Gasteiger partial charge on any atom is -0.496 e. The third kappa shape index (κ3) is 2.67. The lowest BCUT2D eigenvalue weighted by Crippen LogP contribution is -2.10. The zero-order chi connectivity index (χ0) is 14.5. The highest BCUT2D eigenvalue weighted by Crippen LogP contribution is 2.40. The number of ether oxygens (including phenoxy) is 3. The molecule has 0 saturated heterocycles. The van der Waals surface area contributed by atoms with E-state index in [0.717, 1.165) is 5.56 Å². The van der Waals surface area contributed by atoms with Gasteiger partial charge in [-0.2, -0.15) is 0 Å². The Bertz CT molecular complexity index is 558. The molecule has 0 amide bonds. The first kappa shape index (κ1) is 14.1. The second-order valence-electron chi connectivity index (χ2n) is 4.06. The summed E-state index contributed by atoms with van der Waals surface area (Å²) in [4.78, 5) is 0. The number of hydrogen-bond donors (Lipinski definition) is 1. The maximum Gasteiger partial charge on any atom is 0.135 e. The van der Waals surface area contributed by atoms with Crippen molar-refractivity contribution in [2.45, 2.75) is 6.54 Å². The SMILES string of the molecule is COc1cc(OC)c(-c2cn(CCN)nn2)c(OC)c1. The molecular weight excluding hydrogens is 260 g/mol. The molecule has 1 aromatic heterocycles. The summed E-state index contributed by atoms with van der Waals surface area (Å²) < 4.78 is 17.7. The summed E-state index contributed by atoms with van der Waals surface area (Å²) in [6.45, 7) is 1.10. The summed E-state index contributed by atoms with van der Waals surface area (Å²) >= 11 is 0. The molecule has 108 valence electrons. The molecule has 0 aliphatic rings. The van der Waals surface area contributed by atoms with Crippen LogP contribution < -0.4 is 19.9 Å². The van der Waals surface area contributed by atoms with E-state index in [0.29, 0.717) is 36.0 Å². The van der Waals surface area contributed by atoms with Gasteiger partial charge in [-0.05, 0) is 0 Å². The normalized spacial score (nSPS) is 10.4. The van der Waals surface area contributed by atoms with E-state index in [2.05, 4.69) is 10.3 Å². The van der Waals surface area contributed by atoms with Crippen LogP contribution in [0.2, 0.25) is 0 Å². The molecular formula is C13H18N4O3. The van der Waals surface area contributed by atoms with Gasteiger partial charge in [-0.1, -0.05) is 5.21 Å². The Labute approximate surface area is 117 Å². The van der Waals surface area contributed by atoms with Crippen LogP contribution in [-0.2, 0) is 6.54 Å². The van der Waals surface area contributed by atoms with Gasteiger partial charge in [0.2, 0.25) is 0 Å². The third-order valence-electron chi connectivity index (χ3n) is 2.87. The molecule has 2 N–H and O–H groups in total. The van der Waals surface area contributed by atoms with Crippen LogP contribution in [0, 0.1) is 0 Å². The molecule has 7 heteroatoms. The van der Waals surface area contributed by atoms with Crippen molar-refractivity contribution in [2.24, 2.45) is 5.73 Å². The van der Waals surface area contributed by atoms with Crippen LogP contribution >= 0.6 is 0 Å². The van der Waals surface area contributed by atoms with Crippen molar-refractivity contribution < 1.29 is 14.2 Å². The predicted octanol–water partition coefficient (Wildman–Crippen LogP) is 0.930. The summed E-state index contributed by atoms with van der Waals surface area (Å²) in [7, 11) is 4.76. The number of hydrogen-bond acceptors (Lipinski definition) is 6. The lowest BCUT2D eigenvalue weighted by molar-refractivity contribution is 0.377. The van der Waals surface area contributed by atoms with Gasteiger partial charge in [-0.25, -0.2) is 0 Å². The average molecular weight is 278 g/mol. The Kier molecular flexibility index (Phi) is 4.41. The van der Waals surface area contributed by atoms with Gasteiger partial charge in [0.05, 0.1) is 39.6 Å². The molecule has 0 unspecified atom stereocenters. The second kappa shape index (κ2) is 6.25. The number of methoxy groups -OCH3 is 3. The minimum absolute atomic E-state index is 0.500. The summed E-state index contributed by atoms with van der Waals surface area (Å²) in [6, 6.07) is 3.56. The molecule has 0 radical (unpaired) electrons. The van der Waals surface area contributed by atoms with E-state index in [1.807, 2.05) is 0 Å². The van der Waals surface area contributed by atoms with Crippen LogP contribution in [0.4, 0.5) is 0 Å². The first-order chi connectivity index (χ1) is 9.73. The fraction of sp³-hybridized carbons (Fsp3) is 0.385. The van der Waals surface area contributed by atoms with Crippen LogP contribution in [-0.4, -0.2) is 42.9 Å². The van der Waals surface area contributed by atoms with Crippen LogP contribution in [0.3, 0.4) is 0 Å². The number of nitrogens with two attached hydrogens (primary N) is 1. The second-order valence-corrected chi connectivity index (χ2v) is 4.06. The van der Waals surface area contributed by atoms with E-state index in [1.54, 1.807) is 44.3 Å². The summed E-state index contributed by atoms with van der Waals surface area (Å²) in [5.74, 6) is 1.87. The highest BCUT2D eigenvalue weighted by Gasteiger charge is 2.18. The van der Waals surface area contributed by atoms with E-state index >= 15 is 0 Å². The van der Waals surface area contributed by atoms with Gasteiger partial charge in [-0.15, -0.1) is 5.10 Å². The average Bonchev–Trinajstić information content (AvgIpc) is 2.94. The van der Waals surface area contributed by atoms with Gasteiger partial charge in [0.15, 0.2) is 0 Å². The third-order valence-corrected chi connectivity index (χ3v) is 2.87. The van der Waals surface area contributed by atoms with Crippen molar-refractivity contribution in [3.05, 3.63) is 18.3 Å². The topological polar surface area (TPSA) is 84.4 Å². The lowest BCUT2D eigenvalue weighted by Gasteiger charge is -2.13. The van der Waals surface area contributed by atoms with E-state index in [9.17, 15) is 0 Å². The Morgan fingerprint density at radius 3 is 2.25 bits per heavy atom. The Balaban J connectivity index is 2.52. The first-order valence-electron chi connectivity index (χ1n) is 6.14. The van der Waals surface area contributed by atoms with Gasteiger partial charge in [0.1, 0.15) is 22.9 Å². The van der Waals surface area contributed by atoms with E-state index < -0.39 is 0 Å². The smallest absolute Gasteiger partial charge is 0.135 e. The van der Waals surface area contributed by atoms with Crippen molar-refractivity contribution in [1.82, 2.24) is 15.0 Å². The maximum atomic E-state index is 5.50. The number of benzene rings is 1. The first-order valence-corrected chi connectivity index (χ1v) is 6.14. The predicted molar refractivity (Wildman–Crippen MR) is 74.2 cm³/mol. The molecule has 1 heterocycles. The van der Waals surface area contributed by atoms with Gasteiger partial charge in [0, 0.05) is 18.7 Å². The van der Waals surface area contributed by atoms with Crippen LogP contribution in [0.5, 0.6) is 17.2 Å². The van der Waals surface area contributed by atoms with Crippen molar-refractivity contribution in [2.75, 3.05) is 27.9 Å². The maximum absolute atomic E-state index is 5.50. The van der Waals surface area contributed by atoms with Crippen LogP contribution in [0.1, 0.15) is 0 Å². The monoisotopic (exact) mass is 278 g/mol. The fourth-order valence-corrected chi connectivity index (χ4v) is 1.91. The number of aromatic nitrogens is 3. The molecule has 0 saturated carbocycles. The minimum atomic E-state index is 0.500. The van der Waals surface area contributed by atoms with Crippen LogP contribution in [0.25, 0.3) is 11.3 Å². The molecule has 7 nitrogen and oxygen atoms in total. The molecule has 0 fully saturated rings. The molecule has 0 bridgehead atoms. The molecule has 0 aliphatic heterocycles. The summed E-state index contributed by atoms with van der Waals surface area (Å²) in [6.07, 6.45) is 1.81. The molecule has 0 atom stereocenters. The van der Waals surface area contributed by atoms with Crippen molar-refractivity contribution in [3.8, 4) is 28.5 Å². The largest absolute Gasteiger partial charge is 0.496 e. The Morgan fingerprint density at radius 2 is 1.75 bits per heavy atom. The van der Waals surface area contributed by atoms with E-state index in [1.165, 1.54) is 0 Å². The van der Waals surface area contributed by atoms with E-state index in [-0.39, 0.29) is 0 Å². The molecule has 1 aromatic carbocycles. The highest BCUT2D eigenvalue weighted by atomic mass is 16.5. The van der Waals surface area contributed by atoms with Crippen LogP contribution in [0.15, 0.2) is 18.3 Å². The van der Waals surface area contributed by atoms with E-state index in [4.69, 9.17) is 19.9 Å². The van der Waals surface area contributed by atoms with Gasteiger partial charge < -0.3 is 19.9 Å². The van der Waals surface area contributed by atoms with Gasteiger partial charge in [0.25, 0.3) is 0 Å². The standard InChI is InChI=1S/C13H18N4O3/c1-18-9-6-11(19-2)13(12(7-9)20-3)10-8-17(5-4-14)16-15-10/h6-8H,4-5,14H2,1-3H3. The quantitative estimate of drug-likeness (QED) is 0.846. The molecule has 0 aliphatic carbocycles. The number of nitrogens with zero attached hydrogens (tertiary/aromatic N) is 3. The zero-order valence-corrected chi connectivity index (χ0v) is 11.8. The fourth-order valence-electron chi connectivity index (χ4n) is 1.91. The zero-order valence-electron chi connectivity index (χ0n) is 11.8. The van der Waals surface area contributed by atoms with Gasteiger partial charge >= 0.3 is 0 Å².